The number of hydrogen-bond donors (Lipinski definition) is 1. The van der Waals surface area contributed by atoms with Crippen molar-refractivity contribution in [3.8, 4) is 0 Å². The van der Waals surface area contributed by atoms with E-state index in [0.717, 1.165) is 35.5 Å². The van der Waals surface area contributed by atoms with Gasteiger partial charge in [0, 0.05) is 24.4 Å². The van der Waals surface area contributed by atoms with Crippen LogP contribution >= 0.6 is 0 Å². The van der Waals surface area contributed by atoms with Gasteiger partial charge >= 0.3 is 5.97 Å². The lowest BCUT2D eigenvalue weighted by molar-refractivity contribution is -0.123. The maximum absolute atomic E-state index is 12.4. The van der Waals surface area contributed by atoms with Crippen molar-refractivity contribution >= 4 is 29.0 Å². The van der Waals surface area contributed by atoms with Crippen LogP contribution in [0.25, 0.3) is 0 Å². The van der Waals surface area contributed by atoms with E-state index >= 15 is 0 Å². The number of rotatable bonds is 5. The number of benzene rings is 2. The van der Waals surface area contributed by atoms with E-state index in [1.165, 1.54) is 0 Å². The second-order valence-corrected chi connectivity index (χ2v) is 7.11. The molecule has 0 fully saturated rings. The van der Waals surface area contributed by atoms with Gasteiger partial charge in [-0.3, -0.25) is 9.80 Å². The van der Waals surface area contributed by atoms with Gasteiger partial charge in [0.05, 0.1) is 11.3 Å². The van der Waals surface area contributed by atoms with Crippen molar-refractivity contribution in [3.05, 3.63) is 59.2 Å². The Morgan fingerprint density at radius 3 is 2.43 bits per heavy atom. The molecule has 1 unspecified atom stereocenters. The molecule has 6 heteroatoms. The summed E-state index contributed by atoms with van der Waals surface area (Å²) in [7, 11) is 0. The van der Waals surface area contributed by atoms with Crippen LogP contribution in [-0.4, -0.2) is 30.2 Å². The average molecular weight is 379 g/mol. The first kappa shape index (κ1) is 19.6. The lowest BCUT2D eigenvalue weighted by Crippen LogP contribution is -2.30. The van der Waals surface area contributed by atoms with Crippen LogP contribution in [0.2, 0.25) is 0 Å². The summed E-state index contributed by atoms with van der Waals surface area (Å²) in [6.45, 7) is 8.31. The number of carbonyl (C=O) groups is 2. The van der Waals surface area contributed by atoms with Crippen LogP contribution in [0.3, 0.4) is 0 Å². The summed E-state index contributed by atoms with van der Waals surface area (Å²) in [6, 6.07) is 12.8. The zero-order valence-corrected chi connectivity index (χ0v) is 16.7. The standard InChI is InChI=1S/C22H25N3O3/c1-14-5-10-20(15(2)13-14)23-21(26)17(4)28-22(27)18-6-8-19(9-7-18)25-12-11-16(3)24-25/h5-10,13,17H,11-12H2,1-4H3,(H,23,26). The fraction of sp³-hybridized carbons (Fsp3) is 0.318. The molecule has 0 aliphatic carbocycles. The van der Waals surface area contributed by atoms with E-state index in [0.29, 0.717) is 11.3 Å². The number of nitrogens with zero attached hydrogens (tertiary/aromatic N) is 2. The minimum Gasteiger partial charge on any atom is -0.449 e. The van der Waals surface area contributed by atoms with Gasteiger partial charge in [-0.05, 0) is 63.6 Å². The Labute approximate surface area is 165 Å². The molecule has 0 saturated carbocycles. The third-order valence-electron chi connectivity index (χ3n) is 4.67. The van der Waals surface area contributed by atoms with Crippen molar-refractivity contribution in [3.63, 3.8) is 0 Å². The first-order valence-corrected chi connectivity index (χ1v) is 9.34. The summed E-state index contributed by atoms with van der Waals surface area (Å²) in [5.74, 6) is -0.894. The maximum Gasteiger partial charge on any atom is 0.338 e. The summed E-state index contributed by atoms with van der Waals surface area (Å²) >= 11 is 0. The van der Waals surface area contributed by atoms with Crippen molar-refractivity contribution in [2.45, 2.75) is 40.2 Å². The average Bonchev–Trinajstić information content (AvgIpc) is 3.10. The number of hydrazone groups is 1. The van der Waals surface area contributed by atoms with E-state index in [1.807, 2.05) is 56.1 Å². The summed E-state index contributed by atoms with van der Waals surface area (Å²) in [4.78, 5) is 24.7. The first-order chi connectivity index (χ1) is 13.3. The Kier molecular flexibility index (Phi) is 5.78. The number of amides is 1. The molecule has 1 atom stereocenters. The molecule has 2 aromatic carbocycles. The summed E-state index contributed by atoms with van der Waals surface area (Å²) < 4.78 is 5.32. The molecule has 0 aromatic heterocycles. The predicted octanol–water partition coefficient (Wildman–Crippen LogP) is 4.07. The zero-order chi connectivity index (χ0) is 20.3. The van der Waals surface area contributed by atoms with Gasteiger partial charge in [-0.25, -0.2) is 4.79 Å². The van der Waals surface area contributed by atoms with Gasteiger partial charge in [0.1, 0.15) is 0 Å². The number of carbonyl (C=O) groups excluding carboxylic acids is 2. The Bertz CT molecular complexity index is 919. The van der Waals surface area contributed by atoms with Gasteiger partial charge in [-0.15, -0.1) is 0 Å². The van der Waals surface area contributed by atoms with Gasteiger partial charge in [0.2, 0.25) is 0 Å². The monoisotopic (exact) mass is 379 g/mol. The number of anilines is 2. The molecular weight excluding hydrogens is 354 g/mol. The highest BCUT2D eigenvalue weighted by atomic mass is 16.5. The van der Waals surface area contributed by atoms with Gasteiger partial charge in [0.15, 0.2) is 6.10 Å². The molecule has 1 amide bonds. The Morgan fingerprint density at radius 2 is 1.82 bits per heavy atom. The van der Waals surface area contributed by atoms with Gasteiger partial charge in [-0.1, -0.05) is 17.7 Å². The molecule has 0 radical (unpaired) electrons. The van der Waals surface area contributed by atoms with E-state index in [2.05, 4.69) is 10.4 Å². The molecule has 6 nitrogen and oxygen atoms in total. The number of nitrogens with one attached hydrogen (secondary N) is 1. The number of aryl methyl sites for hydroxylation is 2. The normalized spacial score (nSPS) is 14.4. The Hall–Kier alpha value is -3.15. The molecule has 2 aromatic rings. The largest absolute Gasteiger partial charge is 0.449 e. The van der Waals surface area contributed by atoms with Crippen molar-refractivity contribution in [1.29, 1.82) is 0 Å². The predicted molar refractivity (Wildman–Crippen MR) is 111 cm³/mol. The minimum absolute atomic E-state index is 0.362. The molecule has 0 bridgehead atoms. The van der Waals surface area contributed by atoms with Crippen molar-refractivity contribution in [2.75, 3.05) is 16.9 Å². The van der Waals surface area contributed by atoms with E-state index in [-0.39, 0.29) is 5.91 Å². The Morgan fingerprint density at radius 1 is 1.11 bits per heavy atom. The smallest absolute Gasteiger partial charge is 0.338 e. The molecule has 1 heterocycles. The van der Waals surface area contributed by atoms with Crippen LogP contribution in [0.1, 0.15) is 41.8 Å². The molecule has 1 N–H and O–H groups in total. The molecule has 146 valence electrons. The summed E-state index contributed by atoms with van der Waals surface area (Å²) in [5.41, 5.74) is 5.20. The van der Waals surface area contributed by atoms with Crippen LogP contribution in [0.15, 0.2) is 47.6 Å². The fourth-order valence-corrected chi connectivity index (χ4v) is 3.00. The van der Waals surface area contributed by atoms with Crippen LogP contribution < -0.4 is 10.3 Å². The minimum atomic E-state index is -0.904. The second-order valence-electron chi connectivity index (χ2n) is 7.11. The fourth-order valence-electron chi connectivity index (χ4n) is 3.00. The number of ether oxygens (including phenoxy) is 1. The molecular formula is C22H25N3O3. The van der Waals surface area contributed by atoms with Crippen LogP contribution in [-0.2, 0) is 9.53 Å². The van der Waals surface area contributed by atoms with Crippen molar-refractivity contribution in [1.82, 2.24) is 0 Å². The van der Waals surface area contributed by atoms with E-state index < -0.39 is 12.1 Å². The Balaban J connectivity index is 1.59. The van der Waals surface area contributed by atoms with E-state index in [9.17, 15) is 9.59 Å². The SMILES string of the molecule is CC1=NN(c2ccc(C(=O)OC(C)C(=O)Nc3ccc(C)cc3C)cc2)CC1. The lowest BCUT2D eigenvalue weighted by Gasteiger charge is -2.16. The molecule has 1 aliphatic heterocycles. The maximum atomic E-state index is 12.4. The van der Waals surface area contributed by atoms with Crippen LogP contribution in [0.4, 0.5) is 11.4 Å². The molecule has 3 rings (SSSR count). The lowest BCUT2D eigenvalue weighted by atomic mass is 10.1. The van der Waals surface area contributed by atoms with Crippen LogP contribution in [0.5, 0.6) is 0 Å². The highest BCUT2D eigenvalue weighted by molar-refractivity contribution is 5.98. The molecule has 0 saturated heterocycles. The topological polar surface area (TPSA) is 71.0 Å². The molecule has 28 heavy (non-hydrogen) atoms. The van der Waals surface area contributed by atoms with E-state index in [4.69, 9.17) is 4.74 Å². The number of hydrogen-bond acceptors (Lipinski definition) is 5. The van der Waals surface area contributed by atoms with Gasteiger partial charge in [-0.2, -0.15) is 5.10 Å². The molecule has 0 spiro atoms. The summed E-state index contributed by atoms with van der Waals surface area (Å²) in [5, 5.41) is 9.15. The second kappa shape index (κ2) is 8.25. The van der Waals surface area contributed by atoms with Gasteiger partial charge in [0.25, 0.3) is 5.91 Å². The quantitative estimate of drug-likeness (QED) is 0.795. The van der Waals surface area contributed by atoms with Crippen molar-refractivity contribution < 1.29 is 14.3 Å². The third-order valence-corrected chi connectivity index (χ3v) is 4.67. The highest BCUT2D eigenvalue weighted by Crippen LogP contribution is 2.21. The first-order valence-electron chi connectivity index (χ1n) is 9.34. The number of esters is 1. The highest BCUT2D eigenvalue weighted by Gasteiger charge is 2.20. The third kappa shape index (κ3) is 4.57. The zero-order valence-electron chi connectivity index (χ0n) is 16.7. The summed E-state index contributed by atoms with van der Waals surface area (Å²) in [6.07, 6.45) is 0.0374. The van der Waals surface area contributed by atoms with Gasteiger partial charge < -0.3 is 10.1 Å². The molecule has 1 aliphatic rings. The van der Waals surface area contributed by atoms with E-state index in [1.54, 1.807) is 19.1 Å². The van der Waals surface area contributed by atoms with Crippen LogP contribution in [0, 0.1) is 13.8 Å². The van der Waals surface area contributed by atoms with Crippen molar-refractivity contribution in [2.24, 2.45) is 5.10 Å².